The Labute approximate surface area is 89.8 Å². The van der Waals surface area contributed by atoms with Crippen LogP contribution < -0.4 is 0 Å². The molecule has 2 nitrogen and oxygen atoms in total. The van der Waals surface area contributed by atoms with Crippen LogP contribution >= 0.6 is 22.6 Å². The molecule has 0 amide bonds. The van der Waals surface area contributed by atoms with Gasteiger partial charge in [-0.05, 0) is 41.6 Å². The summed E-state index contributed by atoms with van der Waals surface area (Å²) in [4.78, 5) is 4.33. The van der Waals surface area contributed by atoms with Gasteiger partial charge in [0.2, 0.25) is 0 Å². The molecule has 1 heterocycles. The lowest BCUT2D eigenvalue weighted by Crippen LogP contribution is -1.86. The fraction of sp³-hybridized carbons (Fsp3) is 0.100. The number of aromatic hydroxyl groups is 1. The van der Waals surface area contributed by atoms with Crippen molar-refractivity contribution < 1.29 is 5.11 Å². The third-order valence-corrected chi connectivity index (χ3v) is 2.79. The largest absolute Gasteiger partial charge is 0.507 e. The first kappa shape index (κ1) is 8.74. The molecule has 0 aliphatic carbocycles. The van der Waals surface area contributed by atoms with Gasteiger partial charge in [-0.2, -0.15) is 0 Å². The number of aromatic nitrogens is 1. The van der Waals surface area contributed by atoms with E-state index in [1.807, 2.05) is 25.1 Å². The van der Waals surface area contributed by atoms with Crippen molar-refractivity contribution in [1.82, 2.24) is 4.98 Å². The highest BCUT2D eigenvalue weighted by molar-refractivity contribution is 14.1. The lowest BCUT2D eigenvalue weighted by atomic mass is 10.2. The number of nitrogens with zero attached hydrogens (tertiary/aromatic N) is 1. The number of rotatable bonds is 0. The first-order valence-electron chi connectivity index (χ1n) is 3.93. The van der Waals surface area contributed by atoms with Crippen molar-refractivity contribution in [2.75, 3.05) is 0 Å². The Kier molecular flexibility index (Phi) is 2.11. The molecule has 1 N–H and O–H groups in total. The summed E-state index contributed by atoms with van der Waals surface area (Å²) in [5.41, 5.74) is 1.69. The average Bonchev–Trinajstić information content (AvgIpc) is 2.02. The molecule has 1 aromatic carbocycles. The fourth-order valence-electron chi connectivity index (χ4n) is 1.35. The average molecular weight is 285 g/mol. The highest BCUT2D eigenvalue weighted by Crippen LogP contribution is 2.28. The van der Waals surface area contributed by atoms with E-state index in [1.54, 1.807) is 6.07 Å². The molecule has 3 heteroatoms. The van der Waals surface area contributed by atoms with Gasteiger partial charge in [0.15, 0.2) is 0 Å². The molecule has 66 valence electrons. The summed E-state index contributed by atoms with van der Waals surface area (Å²) in [7, 11) is 0. The Bertz CT molecular complexity index is 468. The number of hydrogen-bond acceptors (Lipinski definition) is 2. The van der Waals surface area contributed by atoms with Gasteiger partial charge in [0.25, 0.3) is 0 Å². The highest BCUT2D eigenvalue weighted by Gasteiger charge is 2.04. The van der Waals surface area contributed by atoms with Crippen molar-refractivity contribution in [3.05, 3.63) is 33.5 Å². The topological polar surface area (TPSA) is 33.1 Å². The Morgan fingerprint density at radius 3 is 2.92 bits per heavy atom. The van der Waals surface area contributed by atoms with E-state index in [1.165, 1.54) is 0 Å². The zero-order chi connectivity index (χ0) is 9.42. The number of fused-ring (bicyclic) bond motifs is 1. The summed E-state index contributed by atoms with van der Waals surface area (Å²) < 4.78 is 1.03. The summed E-state index contributed by atoms with van der Waals surface area (Å²) in [6, 6.07) is 7.49. The van der Waals surface area contributed by atoms with Gasteiger partial charge in [0, 0.05) is 15.3 Å². The van der Waals surface area contributed by atoms with Gasteiger partial charge in [0.05, 0.1) is 10.9 Å². The summed E-state index contributed by atoms with van der Waals surface area (Å²) in [5.74, 6) is 0.313. The third kappa shape index (κ3) is 1.48. The van der Waals surface area contributed by atoms with Crippen LogP contribution in [-0.4, -0.2) is 10.1 Å². The van der Waals surface area contributed by atoms with Crippen molar-refractivity contribution >= 4 is 33.5 Å². The van der Waals surface area contributed by atoms with Crippen LogP contribution in [0.5, 0.6) is 5.75 Å². The van der Waals surface area contributed by atoms with E-state index < -0.39 is 0 Å². The predicted molar refractivity (Wildman–Crippen MR) is 60.9 cm³/mol. The second-order valence-corrected chi connectivity index (χ2v) is 4.08. The van der Waals surface area contributed by atoms with Gasteiger partial charge in [-0.1, -0.05) is 6.07 Å². The van der Waals surface area contributed by atoms with Crippen molar-refractivity contribution in [3.8, 4) is 5.75 Å². The molecular formula is C10H8INO. The molecule has 2 aromatic rings. The molecule has 2 rings (SSSR count). The lowest BCUT2D eigenvalue weighted by molar-refractivity contribution is 0.480. The van der Waals surface area contributed by atoms with Crippen molar-refractivity contribution in [2.24, 2.45) is 0 Å². The van der Waals surface area contributed by atoms with Gasteiger partial charge in [0.1, 0.15) is 5.75 Å². The van der Waals surface area contributed by atoms with Crippen LogP contribution in [0.25, 0.3) is 10.9 Å². The fourth-order valence-corrected chi connectivity index (χ4v) is 2.11. The number of aryl methyl sites for hydroxylation is 1. The summed E-state index contributed by atoms with van der Waals surface area (Å²) in [6.45, 7) is 1.87. The predicted octanol–water partition coefficient (Wildman–Crippen LogP) is 2.85. The second kappa shape index (κ2) is 3.14. The molecule has 0 aliphatic heterocycles. The molecule has 0 bridgehead atoms. The highest BCUT2D eigenvalue weighted by atomic mass is 127. The molecule has 1 aromatic heterocycles. The van der Waals surface area contributed by atoms with Gasteiger partial charge < -0.3 is 5.11 Å². The van der Waals surface area contributed by atoms with Gasteiger partial charge in [-0.15, -0.1) is 0 Å². The Morgan fingerprint density at radius 2 is 2.15 bits per heavy atom. The molecule has 0 unspecified atom stereocenters. The molecule has 0 spiro atoms. The Morgan fingerprint density at radius 1 is 1.38 bits per heavy atom. The zero-order valence-corrected chi connectivity index (χ0v) is 9.24. The van der Waals surface area contributed by atoms with Crippen LogP contribution in [0.15, 0.2) is 24.3 Å². The second-order valence-electron chi connectivity index (χ2n) is 2.92. The monoisotopic (exact) mass is 285 g/mol. The minimum Gasteiger partial charge on any atom is -0.507 e. The minimum absolute atomic E-state index is 0.313. The van der Waals surface area contributed by atoms with Crippen LogP contribution in [0.2, 0.25) is 0 Å². The summed E-state index contributed by atoms with van der Waals surface area (Å²) in [5, 5.41) is 10.5. The van der Waals surface area contributed by atoms with Crippen LogP contribution in [-0.2, 0) is 0 Å². The smallest absolute Gasteiger partial charge is 0.127 e. The molecule has 13 heavy (non-hydrogen) atoms. The molecule has 0 saturated heterocycles. The normalized spacial score (nSPS) is 10.6. The third-order valence-electron chi connectivity index (χ3n) is 1.89. The maximum absolute atomic E-state index is 9.69. The standard InChI is InChI=1S/C10H8INO/c1-6-5-9(13)10-7(11)3-2-4-8(10)12-6/h2-5H,1H3,(H,12,13). The number of halogens is 1. The number of hydrogen-bond donors (Lipinski definition) is 1. The number of pyridine rings is 1. The van der Waals surface area contributed by atoms with Gasteiger partial charge in [-0.25, -0.2) is 0 Å². The lowest BCUT2D eigenvalue weighted by Gasteiger charge is -2.03. The SMILES string of the molecule is Cc1cc(O)c2c(I)cccc2n1. The zero-order valence-electron chi connectivity index (χ0n) is 7.08. The van der Waals surface area contributed by atoms with Crippen molar-refractivity contribution in [1.29, 1.82) is 0 Å². The van der Waals surface area contributed by atoms with E-state index in [0.717, 1.165) is 20.2 Å². The molecule has 0 radical (unpaired) electrons. The van der Waals surface area contributed by atoms with E-state index >= 15 is 0 Å². The maximum atomic E-state index is 9.69. The molecule has 0 saturated carbocycles. The van der Waals surface area contributed by atoms with E-state index in [2.05, 4.69) is 27.6 Å². The van der Waals surface area contributed by atoms with Crippen LogP contribution in [0.4, 0.5) is 0 Å². The summed E-state index contributed by atoms with van der Waals surface area (Å²) in [6.07, 6.45) is 0. The van der Waals surface area contributed by atoms with Crippen molar-refractivity contribution in [3.63, 3.8) is 0 Å². The van der Waals surface area contributed by atoms with E-state index in [4.69, 9.17) is 0 Å². The minimum atomic E-state index is 0.313. The maximum Gasteiger partial charge on any atom is 0.127 e. The van der Waals surface area contributed by atoms with E-state index in [9.17, 15) is 5.11 Å². The quantitative estimate of drug-likeness (QED) is 0.755. The molecule has 0 fully saturated rings. The van der Waals surface area contributed by atoms with E-state index in [0.29, 0.717) is 5.75 Å². The molecule has 0 atom stereocenters. The Balaban J connectivity index is 2.94. The van der Waals surface area contributed by atoms with Crippen LogP contribution in [0.3, 0.4) is 0 Å². The van der Waals surface area contributed by atoms with E-state index in [-0.39, 0.29) is 0 Å². The first-order chi connectivity index (χ1) is 6.18. The molecule has 0 aliphatic rings. The first-order valence-corrected chi connectivity index (χ1v) is 5.01. The van der Waals surface area contributed by atoms with Crippen LogP contribution in [0, 0.1) is 10.5 Å². The van der Waals surface area contributed by atoms with Gasteiger partial charge in [-0.3, -0.25) is 4.98 Å². The van der Waals surface area contributed by atoms with Crippen LogP contribution in [0.1, 0.15) is 5.69 Å². The molecular weight excluding hydrogens is 277 g/mol. The Hall–Kier alpha value is -0.840. The van der Waals surface area contributed by atoms with Gasteiger partial charge >= 0.3 is 0 Å². The number of benzene rings is 1. The van der Waals surface area contributed by atoms with Crippen molar-refractivity contribution in [2.45, 2.75) is 6.92 Å². The summed E-state index contributed by atoms with van der Waals surface area (Å²) >= 11 is 2.20.